The molecule has 0 aliphatic rings. The molecule has 0 heterocycles. The van der Waals surface area contributed by atoms with Gasteiger partial charge in [0, 0.05) is 18.2 Å². The molecule has 0 aromatic heterocycles. The van der Waals surface area contributed by atoms with E-state index in [4.69, 9.17) is 16.3 Å². The monoisotopic (exact) mass is 441 g/mol. The molecule has 2 aromatic rings. The van der Waals surface area contributed by atoms with E-state index in [0.29, 0.717) is 5.69 Å². The van der Waals surface area contributed by atoms with Crippen molar-refractivity contribution in [1.82, 2.24) is 5.32 Å². The summed E-state index contributed by atoms with van der Waals surface area (Å²) in [6.45, 7) is 1.98. The molecule has 9 heteroatoms. The number of nitrogens with zero attached hydrogens (tertiary/aromatic N) is 1. The Morgan fingerprint density at radius 3 is 2.65 bits per heavy atom. The maximum Gasteiger partial charge on any atom is 0.271 e. The van der Waals surface area contributed by atoms with Crippen LogP contribution >= 0.6 is 27.5 Å². The summed E-state index contributed by atoms with van der Waals surface area (Å²) >= 11 is 9.39. The number of rotatable bonds is 7. The predicted molar refractivity (Wildman–Crippen MR) is 104 cm³/mol. The summed E-state index contributed by atoms with van der Waals surface area (Å²) in [5.74, 6) is 0.423. The largest absolute Gasteiger partial charge is 0.496 e. The van der Waals surface area contributed by atoms with Gasteiger partial charge in [-0.25, -0.2) is 0 Å². The first kappa shape index (κ1) is 20.2. The van der Waals surface area contributed by atoms with Crippen LogP contribution in [-0.2, 0) is 4.79 Å². The van der Waals surface area contributed by atoms with Crippen LogP contribution in [0.4, 0.5) is 11.4 Å². The third-order valence-electron chi connectivity index (χ3n) is 3.68. The molecule has 26 heavy (non-hydrogen) atoms. The van der Waals surface area contributed by atoms with Crippen molar-refractivity contribution >= 4 is 44.8 Å². The fourth-order valence-electron chi connectivity index (χ4n) is 2.23. The van der Waals surface area contributed by atoms with Crippen molar-refractivity contribution in [2.24, 2.45) is 0 Å². The zero-order valence-corrected chi connectivity index (χ0v) is 16.4. The van der Waals surface area contributed by atoms with Crippen molar-refractivity contribution in [3.05, 3.63) is 61.6 Å². The van der Waals surface area contributed by atoms with Gasteiger partial charge in [-0.2, -0.15) is 0 Å². The number of carbonyl (C=O) groups is 1. The van der Waals surface area contributed by atoms with E-state index in [1.54, 1.807) is 7.11 Å². The molecule has 2 N–H and O–H groups in total. The number of hydrogen-bond acceptors (Lipinski definition) is 5. The highest BCUT2D eigenvalue weighted by Crippen LogP contribution is 2.28. The van der Waals surface area contributed by atoms with Crippen LogP contribution < -0.4 is 15.4 Å². The number of ether oxygens (including phenoxy) is 1. The number of nitro benzene ring substituents is 1. The van der Waals surface area contributed by atoms with Crippen LogP contribution in [0.1, 0.15) is 18.5 Å². The lowest BCUT2D eigenvalue weighted by Crippen LogP contribution is -2.30. The molecular weight excluding hydrogens is 426 g/mol. The third kappa shape index (κ3) is 5.17. The summed E-state index contributed by atoms with van der Waals surface area (Å²) in [4.78, 5) is 22.2. The first-order valence-electron chi connectivity index (χ1n) is 7.62. The first-order chi connectivity index (χ1) is 12.3. The van der Waals surface area contributed by atoms with Gasteiger partial charge < -0.3 is 15.4 Å². The molecule has 0 fully saturated rings. The predicted octanol–water partition coefficient (Wildman–Crippen LogP) is 4.31. The molecule has 0 saturated heterocycles. The lowest BCUT2D eigenvalue weighted by Gasteiger charge is -2.15. The zero-order valence-electron chi connectivity index (χ0n) is 14.1. The molecule has 0 radical (unpaired) electrons. The third-order valence-corrected chi connectivity index (χ3v) is 4.61. The number of anilines is 1. The lowest BCUT2D eigenvalue weighted by molar-refractivity contribution is -0.384. The average molecular weight is 443 g/mol. The van der Waals surface area contributed by atoms with Crippen LogP contribution in [0.15, 0.2) is 40.9 Å². The fourth-order valence-corrected chi connectivity index (χ4v) is 3.01. The van der Waals surface area contributed by atoms with Gasteiger partial charge in [-0.1, -0.05) is 17.7 Å². The number of methoxy groups -OCH3 is 1. The molecule has 0 spiro atoms. The van der Waals surface area contributed by atoms with Crippen molar-refractivity contribution in [3.63, 3.8) is 0 Å². The molecule has 7 nitrogen and oxygen atoms in total. The molecule has 0 aliphatic heterocycles. The summed E-state index contributed by atoms with van der Waals surface area (Å²) in [7, 11) is 1.59. The minimum absolute atomic E-state index is 0.0537. The van der Waals surface area contributed by atoms with E-state index in [1.165, 1.54) is 18.2 Å². The minimum Gasteiger partial charge on any atom is -0.496 e. The zero-order chi connectivity index (χ0) is 19.3. The van der Waals surface area contributed by atoms with Gasteiger partial charge in [0.1, 0.15) is 5.75 Å². The summed E-state index contributed by atoms with van der Waals surface area (Å²) in [5, 5.41) is 16.5. The Balaban J connectivity index is 1.94. The van der Waals surface area contributed by atoms with Gasteiger partial charge in [0.15, 0.2) is 0 Å². The molecule has 0 bridgehead atoms. The molecule has 1 amide bonds. The summed E-state index contributed by atoms with van der Waals surface area (Å²) < 4.78 is 6.02. The standard InChI is InChI=1S/C17H17BrClN3O4/c1-10(11-3-6-16(26-2)13(18)7-11)20-9-17(23)21-15-5-4-12(22(24)25)8-14(15)19/h3-8,10,20H,9H2,1-2H3,(H,21,23). The van der Waals surface area contributed by atoms with Crippen molar-refractivity contribution in [1.29, 1.82) is 0 Å². The SMILES string of the molecule is COc1ccc(C(C)NCC(=O)Nc2ccc([N+](=O)[O-])cc2Cl)cc1Br. The topological polar surface area (TPSA) is 93.5 Å². The number of benzene rings is 2. The smallest absolute Gasteiger partial charge is 0.271 e. The Labute approximate surface area is 164 Å². The molecule has 1 unspecified atom stereocenters. The van der Waals surface area contributed by atoms with Crippen LogP contribution in [-0.4, -0.2) is 24.5 Å². The van der Waals surface area contributed by atoms with Crippen LogP contribution in [0.3, 0.4) is 0 Å². The Kier molecular flexibility index (Phi) is 6.96. The highest BCUT2D eigenvalue weighted by molar-refractivity contribution is 9.10. The number of halogens is 2. The quantitative estimate of drug-likeness (QED) is 0.492. The summed E-state index contributed by atoms with van der Waals surface area (Å²) in [5.41, 5.74) is 1.17. The van der Waals surface area contributed by atoms with E-state index in [2.05, 4.69) is 26.6 Å². The van der Waals surface area contributed by atoms with E-state index in [0.717, 1.165) is 15.8 Å². The second kappa shape index (κ2) is 8.98. The molecule has 2 aromatic carbocycles. The number of non-ortho nitro benzene ring substituents is 1. The maximum absolute atomic E-state index is 12.1. The van der Waals surface area contributed by atoms with E-state index < -0.39 is 4.92 Å². The average Bonchev–Trinajstić information content (AvgIpc) is 2.61. The number of hydrogen-bond donors (Lipinski definition) is 2. The van der Waals surface area contributed by atoms with Crippen LogP contribution in [0, 0.1) is 10.1 Å². The summed E-state index contributed by atoms with van der Waals surface area (Å²) in [6.07, 6.45) is 0. The molecule has 1 atom stereocenters. The Morgan fingerprint density at radius 1 is 1.35 bits per heavy atom. The van der Waals surface area contributed by atoms with Crippen molar-refractivity contribution in [2.75, 3.05) is 19.0 Å². The molecule has 0 aliphatic carbocycles. The normalized spacial score (nSPS) is 11.7. The van der Waals surface area contributed by atoms with Gasteiger partial charge >= 0.3 is 0 Å². The van der Waals surface area contributed by atoms with Crippen LogP contribution in [0.2, 0.25) is 5.02 Å². The van der Waals surface area contributed by atoms with Gasteiger partial charge in [0.2, 0.25) is 5.91 Å². The van der Waals surface area contributed by atoms with Gasteiger partial charge in [0.25, 0.3) is 5.69 Å². The number of carbonyl (C=O) groups excluding carboxylic acids is 1. The van der Waals surface area contributed by atoms with Gasteiger partial charge in [0.05, 0.1) is 33.8 Å². The molecule has 2 rings (SSSR count). The van der Waals surface area contributed by atoms with E-state index >= 15 is 0 Å². The lowest BCUT2D eigenvalue weighted by atomic mass is 10.1. The maximum atomic E-state index is 12.1. The van der Waals surface area contributed by atoms with Gasteiger partial charge in [-0.05, 0) is 46.6 Å². The van der Waals surface area contributed by atoms with Gasteiger partial charge in [-0.3, -0.25) is 14.9 Å². The molecular formula is C17H17BrClN3O4. The Morgan fingerprint density at radius 2 is 2.08 bits per heavy atom. The van der Waals surface area contributed by atoms with Crippen LogP contribution in [0.5, 0.6) is 5.75 Å². The Hall–Kier alpha value is -2.16. The second-order valence-electron chi connectivity index (χ2n) is 5.47. The van der Waals surface area contributed by atoms with E-state index in [9.17, 15) is 14.9 Å². The number of amides is 1. The second-order valence-corrected chi connectivity index (χ2v) is 6.73. The van der Waals surface area contributed by atoms with Crippen molar-refractivity contribution in [3.8, 4) is 5.75 Å². The first-order valence-corrected chi connectivity index (χ1v) is 8.79. The summed E-state index contributed by atoms with van der Waals surface area (Å²) in [6, 6.07) is 9.48. The highest BCUT2D eigenvalue weighted by Gasteiger charge is 2.13. The fraction of sp³-hybridized carbons (Fsp3) is 0.235. The highest BCUT2D eigenvalue weighted by atomic mass is 79.9. The van der Waals surface area contributed by atoms with E-state index in [-0.39, 0.29) is 29.2 Å². The van der Waals surface area contributed by atoms with Crippen molar-refractivity contribution < 1.29 is 14.5 Å². The molecule has 138 valence electrons. The van der Waals surface area contributed by atoms with Crippen molar-refractivity contribution in [2.45, 2.75) is 13.0 Å². The number of nitro groups is 1. The van der Waals surface area contributed by atoms with E-state index in [1.807, 2.05) is 25.1 Å². The molecule has 0 saturated carbocycles. The van der Waals surface area contributed by atoms with Crippen LogP contribution in [0.25, 0.3) is 0 Å². The minimum atomic E-state index is -0.548. The number of nitrogens with one attached hydrogen (secondary N) is 2. The Bertz CT molecular complexity index is 832. The van der Waals surface area contributed by atoms with Gasteiger partial charge in [-0.15, -0.1) is 0 Å².